The van der Waals surface area contributed by atoms with Crippen LogP contribution in [-0.4, -0.2) is 53.6 Å². The third-order valence-electron chi connectivity index (χ3n) is 29.1. The monoisotopic (exact) mass is 1930 g/mol. The molecule has 7 aromatic heterocycles. The van der Waals surface area contributed by atoms with Crippen molar-refractivity contribution in [2.75, 3.05) is 0 Å². The molecule has 7 heterocycles. The number of rotatable bonds is 14. The molecule has 0 saturated heterocycles. The second-order valence-corrected chi connectivity index (χ2v) is 39.0. The molecule has 23 aromatic carbocycles. The molecular weight excluding hydrogens is 1840 g/mol. The highest BCUT2D eigenvalue weighted by Crippen LogP contribution is 2.48. The maximum atomic E-state index is 5.31. The Morgan fingerprint density at radius 3 is 0.973 bits per heavy atom. The van der Waals surface area contributed by atoms with Crippen LogP contribution in [0.25, 0.3) is 281 Å². The number of thiophene rings is 1. The first kappa shape index (κ1) is 87.8. The van der Waals surface area contributed by atoms with Crippen LogP contribution in [0.2, 0.25) is 0 Å². The molecule has 0 aliphatic heterocycles. The van der Waals surface area contributed by atoms with Gasteiger partial charge in [-0.2, -0.15) is 0 Å². The Labute approximate surface area is 867 Å². The van der Waals surface area contributed by atoms with Crippen molar-refractivity contribution in [1.29, 1.82) is 0 Å². The molecule has 0 saturated carbocycles. The predicted octanol–water partition coefficient (Wildman–Crippen LogP) is 36.0. The van der Waals surface area contributed by atoms with Crippen molar-refractivity contribution >= 4 is 151 Å². The lowest BCUT2D eigenvalue weighted by molar-refractivity contribution is 0.996. The number of hydrogen-bond donors (Lipinski definition) is 0. The number of para-hydroxylation sites is 1. The maximum absolute atomic E-state index is 5.31. The van der Waals surface area contributed by atoms with Gasteiger partial charge >= 0.3 is 0 Å². The zero-order valence-electron chi connectivity index (χ0n) is 81.1. The zero-order chi connectivity index (χ0) is 99.1. The summed E-state index contributed by atoms with van der Waals surface area (Å²) in [5.74, 6) is 4.49. The summed E-state index contributed by atoms with van der Waals surface area (Å²) >= 11 is 1.86. The molecule has 0 spiro atoms. The molecule has 0 N–H and O–H groups in total. The topological polar surface area (TPSA) is 118 Å². The summed E-state index contributed by atoms with van der Waals surface area (Å²) in [6.45, 7) is 0. The first-order valence-corrected chi connectivity index (χ1v) is 51.4. The first-order chi connectivity index (χ1) is 74.4. The summed E-state index contributed by atoms with van der Waals surface area (Å²) in [4.78, 5) is 41.1. The summed E-state index contributed by atoms with van der Waals surface area (Å²) in [6.07, 6.45) is 0. The van der Waals surface area contributed by atoms with Crippen molar-refractivity contribution in [1.82, 2.24) is 53.6 Å². The molecule has 12 heteroatoms. The van der Waals surface area contributed by atoms with E-state index in [4.69, 9.17) is 39.9 Å². The van der Waals surface area contributed by atoms with Crippen LogP contribution in [0.1, 0.15) is 0 Å². The van der Waals surface area contributed by atoms with Gasteiger partial charge in [0.2, 0.25) is 5.95 Å². The molecule has 0 bridgehead atoms. The van der Waals surface area contributed by atoms with E-state index in [1.165, 1.54) is 129 Å². The van der Waals surface area contributed by atoms with Gasteiger partial charge in [-0.1, -0.05) is 449 Å². The van der Waals surface area contributed by atoms with Crippen LogP contribution in [0.3, 0.4) is 0 Å². The van der Waals surface area contributed by atoms with E-state index in [1.807, 2.05) is 78.1 Å². The Morgan fingerprint density at radius 1 is 0.153 bits per heavy atom. The lowest BCUT2D eigenvalue weighted by Crippen LogP contribution is -2.04. The van der Waals surface area contributed by atoms with Crippen LogP contribution in [0.5, 0.6) is 0 Å². The SMILES string of the molecule is c1ccc(-c2ccc(-c3cc(-c4ccccc4)nc(-n4c5ccccc5c5ccc(-c6cccc7c6sc6ccccc67)cc54)n3)cc2)cc1.c1ccc(-c2cccc(-c3nc(-c4ccccc4)nc(-c4cccc(-n5c6ccc7ccccc7c6c6c7ccccc7ccc65)c4)n3)c2)cc1.c1ccc(-c2nc(-c3cccc(-n4c5ccc6ccccc6c5c5c6ccccc6ccc54)c3)nc(-c3cccc4ccccc34)n2)cc1. The van der Waals surface area contributed by atoms with Gasteiger partial charge in [0.1, 0.15) is 0 Å². The fourth-order valence-corrected chi connectivity index (χ4v) is 23.3. The second kappa shape index (κ2) is 37.4. The fourth-order valence-electron chi connectivity index (χ4n) is 22.0. The van der Waals surface area contributed by atoms with Gasteiger partial charge in [-0.15, -0.1) is 11.3 Å². The van der Waals surface area contributed by atoms with Gasteiger partial charge in [0, 0.05) is 108 Å². The predicted molar refractivity (Wildman–Crippen MR) is 625 cm³/mol. The van der Waals surface area contributed by atoms with E-state index < -0.39 is 0 Å². The quantitative estimate of drug-likeness (QED) is 0.106. The lowest BCUT2D eigenvalue weighted by atomic mass is 10.00. The van der Waals surface area contributed by atoms with Crippen LogP contribution in [-0.2, 0) is 0 Å². The molecule has 0 unspecified atom stereocenters. The molecule has 30 rings (SSSR count). The second-order valence-electron chi connectivity index (χ2n) is 37.9. The number of aromatic nitrogens is 11. The van der Waals surface area contributed by atoms with Crippen molar-refractivity contribution < 1.29 is 0 Å². The molecule has 0 fully saturated rings. The van der Waals surface area contributed by atoms with Crippen LogP contribution in [0.4, 0.5) is 0 Å². The standard InChI is InChI=1S/C47H30N4.C46H29N3S.C45H28N4/c1-3-13-31(14-4-1)35-19-11-20-36(29-35)46-48-45(34-17-5-2-6-18-34)49-47(50-46)37-21-12-22-38(30-37)51-41-27-25-32-15-7-9-23-39(32)43(41)44-40-24-10-8-16-33(40)26-28-42(44)51;1-3-12-30(13-4-1)31-22-24-33(25-23-31)41-29-40(32-14-5-2-6-15-32)47-46(48-41)49-42-20-9-7-16-36(42)37-27-26-34(28-43(37)49)35-18-11-19-39-38-17-8-10-21-44(38)50-45(35)39;1-2-15-32(16-3-1)43-46-44(48-45(47-43)38-23-11-17-29-12-4-7-20-35(29)38)33-18-10-19-34(28-33)49-39-26-24-30-13-5-8-21-36(30)41(39)42-37-22-9-6-14-31(37)25-27-40(42)49/h1-30H;1-29H;1-28H. The number of benzene rings is 23. The van der Waals surface area contributed by atoms with Crippen molar-refractivity contribution in [3.63, 3.8) is 0 Å². The molecule has 150 heavy (non-hydrogen) atoms. The van der Waals surface area contributed by atoms with Gasteiger partial charge in [-0.25, -0.2) is 39.9 Å². The number of nitrogens with zero attached hydrogens (tertiary/aromatic N) is 11. The molecule has 0 radical (unpaired) electrons. The molecule has 0 amide bonds. The molecule has 0 atom stereocenters. The van der Waals surface area contributed by atoms with Crippen molar-refractivity contribution in [2.24, 2.45) is 0 Å². The van der Waals surface area contributed by atoms with E-state index >= 15 is 0 Å². The van der Waals surface area contributed by atoms with Crippen molar-refractivity contribution in [3.05, 3.63) is 528 Å². The van der Waals surface area contributed by atoms with E-state index in [9.17, 15) is 0 Å². The molecular formula is C138H87N11S. The normalized spacial score (nSPS) is 11.6. The highest BCUT2D eigenvalue weighted by molar-refractivity contribution is 7.26. The molecule has 700 valence electrons. The van der Waals surface area contributed by atoms with Gasteiger partial charge in [0.15, 0.2) is 34.9 Å². The lowest BCUT2D eigenvalue weighted by Gasteiger charge is -2.13. The third kappa shape index (κ3) is 15.8. The Hall–Kier alpha value is -19.9. The van der Waals surface area contributed by atoms with Gasteiger partial charge < -0.3 is 9.13 Å². The van der Waals surface area contributed by atoms with Gasteiger partial charge in [0.25, 0.3) is 0 Å². The first-order valence-electron chi connectivity index (χ1n) is 50.6. The van der Waals surface area contributed by atoms with Crippen molar-refractivity contribution in [3.8, 4) is 142 Å². The van der Waals surface area contributed by atoms with E-state index in [1.54, 1.807) is 0 Å². The maximum Gasteiger partial charge on any atom is 0.235 e. The summed E-state index contributed by atoms with van der Waals surface area (Å²) in [7, 11) is 0. The molecule has 0 aliphatic carbocycles. The summed E-state index contributed by atoms with van der Waals surface area (Å²) in [6, 6.07) is 186. The minimum atomic E-state index is 0.627. The summed E-state index contributed by atoms with van der Waals surface area (Å²) in [5.41, 5.74) is 25.5. The minimum Gasteiger partial charge on any atom is -0.309 e. The Morgan fingerprint density at radius 2 is 0.473 bits per heavy atom. The van der Waals surface area contributed by atoms with Gasteiger partial charge in [-0.3, -0.25) is 4.57 Å². The molecule has 0 aliphatic rings. The zero-order valence-corrected chi connectivity index (χ0v) is 81.9. The summed E-state index contributed by atoms with van der Waals surface area (Å²) in [5, 5.41) is 22.2. The number of fused-ring (bicyclic) bond motifs is 21. The number of hydrogen-bond acceptors (Lipinski definition) is 9. The Kier molecular flexibility index (Phi) is 21.9. The Bertz CT molecular complexity index is 10400. The van der Waals surface area contributed by atoms with Crippen LogP contribution in [0.15, 0.2) is 528 Å². The third-order valence-corrected chi connectivity index (χ3v) is 30.3. The van der Waals surface area contributed by atoms with E-state index in [0.29, 0.717) is 40.9 Å². The average molecular weight is 1930 g/mol. The summed E-state index contributed by atoms with van der Waals surface area (Å²) < 4.78 is 9.63. The molecule has 30 aromatic rings. The van der Waals surface area contributed by atoms with Crippen LogP contribution < -0.4 is 0 Å². The van der Waals surface area contributed by atoms with Crippen LogP contribution >= 0.6 is 11.3 Å². The van der Waals surface area contributed by atoms with E-state index in [-0.39, 0.29) is 0 Å². The average Bonchev–Trinajstić information content (AvgIpc) is 1.56. The van der Waals surface area contributed by atoms with Crippen LogP contribution in [0, 0.1) is 0 Å². The van der Waals surface area contributed by atoms with Gasteiger partial charge in [0.05, 0.1) is 44.5 Å². The largest absolute Gasteiger partial charge is 0.309 e. The Balaban J connectivity index is 0.000000108. The van der Waals surface area contributed by atoms with Gasteiger partial charge in [-0.05, 0) is 166 Å². The molecule has 11 nitrogen and oxygen atoms in total. The van der Waals surface area contributed by atoms with E-state index in [2.05, 4.69) is 475 Å². The minimum absolute atomic E-state index is 0.627. The smallest absolute Gasteiger partial charge is 0.235 e. The van der Waals surface area contributed by atoms with Crippen molar-refractivity contribution in [2.45, 2.75) is 0 Å². The fraction of sp³-hybridized carbons (Fsp3) is 0. The highest BCUT2D eigenvalue weighted by Gasteiger charge is 2.26. The van der Waals surface area contributed by atoms with E-state index in [0.717, 1.165) is 111 Å². The highest BCUT2D eigenvalue weighted by atomic mass is 32.1.